The Morgan fingerprint density at radius 1 is 1.33 bits per heavy atom. The van der Waals surface area contributed by atoms with Crippen LogP contribution in [0.2, 0.25) is 0 Å². The van der Waals surface area contributed by atoms with Crippen molar-refractivity contribution in [1.82, 2.24) is 0 Å². The minimum atomic E-state index is 0.655. The van der Waals surface area contributed by atoms with Gasteiger partial charge in [-0.3, -0.25) is 0 Å². The van der Waals surface area contributed by atoms with Gasteiger partial charge in [-0.25, -0.2) is 0 Å². The number of benzene rings is 1. The number of aryl methyl sites for hydroxylation is 1. The standard InChI is InChI=1S/C12H16OS2/c1-4-13-11-6-5-8(2)7-10(11)12(15)9(3)14/h5-7,14-15H,4H2,1-3H3/b12-9-. The van der Waals surface area contributed by atoms with E-state index in [9.17, 15) is 0 Å². The lowest BCUT2D eigenvalue weighted by Gasteiger charge is -2.11. The van der Waals surface area contributed by atoms with E-state index in [-0.39, 0.29) is 0 Å². The molecule has 0 aliphatic carbocycles. The van der Waals surface area contributed by atoms with E-state index in [1.165, 1.54) is 5.56 Å². The molecule has 1 rings (SSSR count). The van der Waals surface area contributed by atoms with E-state index in [0.29, 0.717) is 6.61 Å². The Kier molecular flexibility index (Phi) is 4.61. The molecular weight excluding hydrogens is 224 g/mol. The van der Waals surface area contributed by atoms with Crippen LogP contribution < -0.4 is 4.74 Å². The number of ether oxygens (including phenoxy) is 1. The quantitative estimate of drug-likeness (QED) is 0.761. The molecule has 0 fully saturated rings. The van der Waals surface area contributed by atoms with Gasteiger partial charge in [-0.05, 0) is 37.8 Å². The largest absolute Gasteiger partial charge is 0.493 e. The molecule has 0 bridgehead atoms. The van der Waals surface area contributed by atoms with Gasteiger partial charge in [-0.1, -0.05) is 11.6 Å². The molecule has 0 aliphatic rings. The highest BCUT2D eigenvalue weighted by molar-refractivity contribution is 7.93. The summed E-state index contributed by atoms with van der Waals surface area (Å²) in [6, 6.07) is 6.07. The van der Waals surface area contributed by atoms with Crippen molar-refractivity contribution >= 4 is 30.2 Å². The fourth-order valence-electron chi connectivity index (χ4n) is 1.31. The smallest absolute Gasteiger partial charge is 0.127 e. The van der Waals surface area contributed by atoms with Gasteiger partial charge < -0.3 is 4.74 Å². The Hall–Kier alpha value is -0.540. The van der Waals surface area contributed by atoms with E-state index >= 15 is 0 Å². The zero-order valence-corrected chi connectivity index (χ0v) is 11.0. The second kappa shape index (κ2) is 5.52. The molecule has 0 saturated heterocycles. The molecule has 0 N–H and O–H groups in total. The van der Waals surface area contributed by atoms with Crippen molar-refractivity contribution in [3.05, 3.63) is 34.2 Å². The Labute approximate surface area is 102 Å². The molecule has 0 unspecified atom stereocenters. The van der Waals surface area contributed by atoms with E-state index < -0.39 is 0 Å². The van der Waals surface area contributed by atoms with Crippen LogP contribution in [-0.2, 0) is 0 Å². The van der Waals surface area contributed by atoms with Gasteiger partial charge in [0.05, 0.1) is 6.61 Å². The van der Waals surface area contributed by atoms with Crippen molar-refractivity contribution in [2.45, 2.75) is 20.8 Å². The summed E-state index contributed by atoms with van der Waals surface area (Å²) >= 11 is 8.75. The SMILES string of the molecule is CCOc1ccc(C)cc1/C(S)=C(\C)S. The van der Waals surface area contributed by atoms with Crippen molar-refractivity contribution in [3.8, 4) is 5.75 Å². The van der Waals surface area contributed by atoms with Crippen molar-refractivity contribution in [2.24, 2.45) is 0 Å². The number of allylic oxidation sites excluding steroid dienone is 1. The van der Waals surface area contributed by atoms with E-state index in [1.807, 2.05) is 32.9 Å². The highest BCUT2D eigenvalue weighted by atomic mass is 32.1. The number of hydrogen-bond donors (Lipinski definition) is 2. The second-order valence-corrected chi connectivity index (χ2v) is 4.48. The van der Waals surface area contributed by atoms with E-state index in [2.05, 4.69) is 31.3 Å². The van der Waals surface area contributed by atoms with Gasteiger partial charge >= 0.3 is 0 Å². The molecular formula is C12H16OS2. The van der Waals surface area contributed by atoms with Gasteiger partial charge in [-0.15, -0.1) is 25.3 Å². The van der Waals surface area contributed by atoms with Crippen LogP contribution in [0.1, 0.15) is 25.0 Å². The average Bonchev–Trinajstić information content (AvgIpc) is 2.20. The normalized spacial score (nSPS) is 12.3. The maximum atomic E-state index is 5.55. The van der Waals surface area contributed by atoms with Crippen molar-refractivity contribution in [1.29, 1.82) is 0 Å². The first kappa shape index (κ1) is 12.5. The molecule has 0 aromatic heterocycles. The minimum Gasteiger partial charge on any atom is -0.493 e. The van der Waals surface area contributed by atoms with Crippen LogP contribution in [0, 0.1) is 6.92 Å². The lowest BCUT2D eigenvalue weighted by Crippen LogP contribution is -1.95. The molecule has 0 atom stereocenters. The first-order valence-corrected chi connectivity index (χ1v) is 5.78. The fraction of sp³-hybridized carbons (Fsp3) is 0.333. The zero-order chi connectivity index (χ0) is 11.4. The van der Waals surface area contributed by atoms with Crippen LogP contribution >= 0.6 is 25.3 Å². The highest BCUT2D eigenvalue weighted by Gasteiger charge is 2.07. The summed E-state index contributed by atoms with van der Waals surface area (Å²) in [6.45, 7) is 6.60. The van der Waals surface area contributed by atoms with E-state index in [4.69, 9.17) is 4.74 Å². The first-order valence-electron chi connectivity index (χ1n) is 4.89. The van der Waals surface area contributed by atoms with E-state index in [1.54, 1.807) is 0 Å². The van der Waals surface area contributed by atoms with Crippen LogP contribution in [0.25, 0.3) is 4.91 Å². The van der Waals surface area contributed by atoms with Crippen molar-refractivity contribution in [3.63, 3.8) is 0 Å². The number of hydrogen-bond acceptors (Lipinski definition) is 3. The minimum absolute atomic E-state index is 0.655. The van der Waals surface area contributed by atoms with Gasteiger partial charge in [-0.2, -0.15) is 0 Å². The Bertz CT molecular complexity index is 379. The van der Waals surface area contributed by atoms with E-state index in [0.717, 1.165) is 21.1 Å². The summed E-state index contributed by atoms with van der Waals surface area (Å²) in [4.78, 5) is 1.76. The molecule has 0 saturated carbocycles. The molecule has 0 heterocycles. The summed E-state index contributed by atoms with van der Waals surface area (Å²) in [5.41, 5.74) is 2.20. The van der Waals surface area contributed by atoms with Crippen LogP contribution in [0.15, 0.2) is 23.1 Å². The third-order valence-electron chi connectivity index (χ3n) is 2.03. The van der Waals surface area contributed by atoms with Crippen LogP contribution in [-0.4, -0.2) is 6.61 Å². The molecule has 0 spiro atoms. The third kappa shape index (κ3) is 3.21. The zero-order valence-electron chi connectivity index (χ0n) is 9.24. The van der Waals surface area contributed by atoms with Gasteiger partial charge in [0.2, 0.25) is 0 Å². The summed E-state index contributed by atoms with van der Waals surface area (Å²) in [5, 5.41) is 0. The predicted octanol–water partition coefficient (Wildman–Crippen LogP) is 3.94. The lowest BCUT2D eigenvalue weighted by molar-refractivity contribution is 0.339. The maximum absolute atomic E-state index is 5.55. The Balaban J connectivity index is 3.24. The van der Waals surface area contributed by atoms with Crippen LogP contribution in [0.5, 0.6) is 5.75 Å². The second-order valence-electron chi connectivity index (χ2n) is 3.37. The summed E-state index contributed by atoms with van der Waals surface area (Å²) < 4.78 is 5.55. The fourth-order valence-corrected chi connectivity index (χ4v) is 1.60. The maximum Gasteiger partial charge on any atom is 0.127 e. The molecule has 1 nitrogen and oxygen atoms in total. The summed E-state index contributed by atoms with van der Waals surface area (Å²) in [6.07, 6.45) is 0. The average molecular weight is 240 g/mol. The highest BCUT2D eigenvalue weighted by Crippen LogP contribution is 2.32. The van der Waals surface area contributed by atoms with Gasteiger partial charge in [0, 0.05) is 10.5 Å². The summed E-state index contributed by atoms with van der Waals surface area (Å²) in [5.74, 6) is 0.863. The molecule has 82 valence electrons. The van der Waals surface area contributed by atoms with Crippen molar-refractivity contribution < 1.29 is 4.74 Å². The Morgan fingerprint density at radius 3 is 2.53 bits per heavy atom. The number of rotatable bonds is 3. The molecule has 1 aromatic carbocycles. The molecule has 0 aliphatic heterocycles. The molecule has 0 amide bonds. The van der Waals surface area contributed by atoms with Gasteiger partial charge in [0.15, 0.2) is 0 Å². The first-order chi connectivity index (χ1) is 7.06. The van der Waals surface area contributed by atoms with Gasteiger partial charge in [0.1, 0.15) is 5.75 Å². The molecule has 15 heavy (non-hydrogen) atoms. The molecule has 3 heteroatoms. The summed E-state index contributed by atoms with van der Waals surface area (Å²) in [7, 11) is 0. The van der Waals surface area contributed by atoms with Crippen LogP contribution in [0.4, 0.5) is 0 Å². The molecule has 0 radical (unpaired) electrons. The topological polar surface area (TPSA) is 9.23 Å². The van der Waals surface area contributed by atoms with Crippen LogP contribution in [0.3, 0.4) is 0 Å². The van der Waals surface area contributed by atoms with Gasteiger partial charge in [0.25, 0.3) is 0 Å². The predicted molar refractivity (Wildman–Crippen MR) is 72.9 cm³/mol. The lowest BCUT2D eigenvalue weighted by atomic mass is 10.1. The molecule has 1 aromatic rings. The third-order valence-corrected chi connectivity index (χ3v) is 3.01. The van der Waals surface area contributed by atoms with Crippen molar-refractivity contribution in [2.75, 3.05) is 6.61 Å². The number of thiol groups is 2. The monoisotopic (exact) mass is 240 g/mol. The Morgan fingerprint density at radius 2 is 2.00 bits per heavy atom.